The molecule has 244 valence electrons. The molecule has 42 heavy (non-hydrogen) atoms. The highest BCUT2D eigenvalue weighted by Crippen LogP contribution is 2.68. The van der Waals surface area contributed by atoms with Crippen molar-refractivity contribution in [3.8, 4) is 0 Å². The lowest BCUT2D eigenvalue weighted by Crippen LogP contribution is -2.62. The molecule has 11 atom stereocenters. The van der Waals surface area contributed by atoms with Crippen LogP contribution in [-0.4, -0.2) is 96.5 Å². The molecule has 0 heterocycles. The number of carbonyl (C=O) groups is 1. The minimum atomic E-state index is -3.93. The molecule has 4 saturated carbocycles. The van der Waals surface area contributed by atoms with Gasteiger partial charge >= 0.3 is 0 Å². The van der Waals surface area contributed by atoms with E-state index in [-0.39, 0.29) is 52.5 Å². The smallest absolute Gasteiger partial charge is 0.265 e. The Morgan fingerprint density at radius 2 is 1.69 bits per heavy atom. The summed E-state index contributed by atoms with van der Waals surface area (Å²) in [5, 5.41) is 36.6. The zero-order valence-corrected chi connectivity index (χ0v) is 27.5. The fourth-order valence-corrected chi connectivity index (χ4v) is 10.8. The van der Waals surface area contributed by atoms with Crippen molar-refractivity contribution in [2.45, 2.75) is 110 Å². The molecular formula is C32H59N2O7S+. The standard InChI is InChI=1S/C32H58N2O7S/c1-21(8-11-29(38)33-14-6-15-34(4,5)16-7-17-42(39,40)41)24-9-10-25-30-26(20-28(37)32(24,25)3)31(2)13-12-23(35)18-22(31)19-27(30)36/h21-28,30,35-37H,6-20H2,1-5H3,(H-,33,38,39,40,41)/p+1/t21-,22+,23+,24-,25+,26+,27-,28-,30+,31+,32-/m1/s1. The number of nitrogens with one attached hydrogen (secondary N) is 1. The number of quaternary nitrogens is 1. The molecule has 4 fully saturated rings. The van der Waals surface area contributed by atoms with Gasteiger partial charge in [-0.15, -0.1) is 0 Å². The maximum Gasteiger partial charge on any atom is 0.265 e. The highest BCUT2D eigenvalue weighted by atomic mass is 32.2. The van der Waals surface area contributed by atoms with Crippen molar-refractivity contribution in [1.82, 2.24) is 5.32 Å². The molecule has 1 amide bonds. The molecule has 9 nitrogen and oxygen atoms in total. The van der Waals surface area contributed by atoms with Crippen molar-refractivity contribution in [3.05, 3.63) is 0 Å². The predicted molar refractivity (Wildman–Crippen MR) is 163 cm³/mol. The second kappa shape index (κ2) is 12.9. The Hall–Kier alpha value is -0.780. The molecule has 5 N–H and O–H groups in total. The van der Waals surface area contributed by atoms with Crippen LogP contribution in [-0.2, 0) is 14.9 Å². The molecule has 0 bridgehead atoms. The predicted octanol–water partition coefficient (Wildman–Crippen LogP) is 3.22. The Morgan fingerprint density at radius 1 is 1.00 bits per heavy atom. The summed E-state index contributed by atoms with van der Waals surface area (Å²) in [5.74, 6) is 1.52. The minimum Gasteiger partial charge on any atom is -0.393 e. The molecule has 10 heteroatoms. The molecule has 4 aliphatic carbocycles. The van der Waals surface area contributed by atoms with Gasteiger partial charge in [-0.25, -0.2) is 0 Å². The summed E-state index contributed by atoms with van der Waals surface area (Å²) >= 11 is 0. The van der Waals surface area contributed by atoms with Crippen LogP contribution in [0.2, 0.25) is 0 Å². The molecular weight excluding hydrogens is 556 g/mol. The Balaban J connectivity index is 1.27. The molecule has 0 spiro atoms. The summed E-state index contributed by atoms with van der Waals surface area (Å²) in [5.41, 5.74) is -0.185. The Morgan fingerprint density at radius 3 is 2.38 bits per heavy atom. The van der Waals surface area contributed by atoms with Gasteiger partial charge in [0.05, 0.1) is 51.2 Å². The molecule has 0 unspecified atom stereocenters. The lowest BCUT2D eigenvalue weighted by atomic mass is 9.43. The third kappa shape index (κ3) is 7.20. The average molecular weight is 616 g/mol. The van der Waals surface area contributed by atoms with Crippen LogP contribution in [0.1, 0.15) is 91.4 Å². The van der Waals surface area contributed by atoms with E-state index in [1.165, 1.54) is 0 Å². The van der Waals surface area contributed by atoms with Crippen LogP contribution in [0.15, 0.2) is 0 Å². The quantitative estimate of drug-likeness (QED) is 0.129. The molecule has 0 aliphatic heterocycles. The first-order valence-electron chi connectivity index (χ1n) is 16.6. The van der Waals surface area contributed by atoms with Gasteiger partial charge in [-0.3, -0.25) is 9.35 Å². The summed E-state index contributed by atoms with van der Waals surface area (Å²) in [4.78, 5) is 12.7. The second-order valence-electron chi connectivity index (χ2n) is 15.8. The first-order valence-corrected chi connectivity index (χ1v) is 18.2. The van der Waals surface area contributed by atoms with E-state index in [4.69, 9.17) is 4.55 Å². The number of rotatable bonds is 12. The summed E-state index contributed by atoms with van der Waals surface area (Å²) in [6.45, 7) is 8.87. The maximum atomic E-state index is 12.7. The Bertz CT molecular complexity index is 1050. The summed E-state index contributed by atoms with van der Waals surface area (Å²) in [7, 11) is 0.114. The van der Waals surface area contributed by atoms with E-state index >= 15 is 0 Å². The van der Waals surface area contributed by atoms with Gasteiger partial charge < -0.3 is 25.1 Å². The molecule has 4 aliphatic rings. The molecule has 0 aromatic heterocycles. The van der Waals surface area contributed by atoms with Crippen molar-refractivity contribution in [2.75, 3.05) is 39.5 Å². The SMILES string of the molecule is C[C@H](CCC(=O)NCCC[N+](C)(C)CCCS(=O)(=O)O)[C@H]1CC[C@H]2[C@@H]3[C@H](O)C[C@@H]4C[C@@H](O)CC[C@]4(C)[C@H]3C[C@@H](O)[C@]12C. The lowest BCUT2D eigenvalue weighted by molar-refractivity contribution is -0.890. The number of nitrogens with zero attached hydrogens (tertiary/aromatic N) is 1. The summed E-state index contributed by atoms with van der Waals surface area (Å²) < 4.78 is 31.5. The van der Waals surface area contributed by atoms with E-state index in [1.807, 2.05) is 14.1 Å². The van der Waals surface area contributed by atoms with E-state index < -0.39 is 16.2 Å². The van der Waals surface area contributed by atoms with E-state index in [1.54, 1.807) is 0 Å². The van der Waals surface area contributed by atoms with Gasteiger partial charge in [0, 0.05) is 25.8 Å². The zero-order chi connectivity index (χ0) is 31.1. The zero-order valence-electron chi connectivity index (χ0n) is 26.7. The van der Waals surface area contributed by atoms with Crippen molar-refractivity contribution in [3.63, 3.8) is 0 Å². The largest absolute Gasteiger partial charge is 0.393 e. The van der Waals surface area contributed by atoms with Crippen molar-refractivity contribution < 1.29 is 37.6 Å². The highest BCUT2D eigenvalue weighted by molar-refractivity contribution is 7.85. The molecule has 4 rings (SSSR count). The Labute approximate surface area is 254 Å². The second-order valence-corrected chi connectivity index (χ2v) is 17.3. The van der Waals surface area contributed by atoms with Gasteiger partial charge in [0.25, 0.3) is 10.1 Å². The van der Waals surface area contributed by atoms with Crippen LogP contribution < -0.4 is 5.32 Å². The molecule has 0 aromatic carbocycles. The number of aliphatic hydroxyl groups is 3. The third-order valence-electron chi connectivity index (χ3n) is 12.8. The van der Waals surface area contributed by atoms with Crippen LogP contribution in [0.3, 0.4) is 0 Å². The molecule has 0 radical (unpaired) electrons. The Kier molecular flexibility index (Phi) is 10.5. The summed E-state index contributed by atoms with van der Waals surface area (Å²) in [6.07, 6.45) is 7.47. The fraction of sp³-hybridized carbons (Fsp3) is 0.969. The van der Waals surface area contributed by atoms with E-state index in [0.29, 0.717) is 48.2 Å². The lowest BCUT2D eigenvalue weighted by Gasteiger charge is -2.63. The van der Waals surface area contributed by atoms with Crippen LogP contribution in [0, 0.1) is 46.3 Å². The van der Waals surface area contributed by atoms with Gasteiger partial charge in [-0.2, -0.15) is 8.42 Å². The number of carbonyl (C=O) groups excluding carboxylic acids is 1. The van der Waals surface area contributed by atoms with Crippen LogP contribution in [0.25, 0.3) is 0 Å². The van der Waals surface area contributed by atoms with Gasteiger partial charge in [-0.1, -0.05) is 20.8 Å². The number of hydrogen-bond acceptors (Lipinski definition) is 6. The van der Waals surface area contributed by atoms with Crippen molar-refractivity contribution in [2.24, 2.45) is 46.3 Å². The fourth-order valence-electron chi connectivity index (χ4n) is 10.3. The van der Waals surface area contributed by atoms with Crippen LogP contribution in [0.5, 0.6) is 0 Å². The van der Waals surface area contributed by atoms with Gasteiger partial charge in [0.15, 0.2) is 0 Å². The molecule has 0 aromatic rings. The molecule has 0 saturated heterocycles. The number of fused-ring (bicyclic) bond motifs is 5. The minimum absolute atomic E-state index is 0.0450. The van der Waals surface area contributed by atoms with E-state index in [0.717, 1.165) is 64.3 Å². The number of aliphatic hydroxyl groups excluding tert-OH is 3. The normalized spacial score (nSPS) is 41.0. The maximum absolute atomic E-state index is 12.7. The van der Waals surface area contributed by atoms with Gasteiger partial charge in [-0.05, 0) is 97.7 Å². The first kappa shape index (κ1) is 34.1. The monoisotopic (exact) mass is 615 g/mol. The number of hydrogen-bond donors (Lipinski definition) is 5. The van der Waals surface area contributed by atoms with Crippen LogP contribution in [0.4, 0.5) is 0 Å². The number of amides is 1. The third-order valence-corrected chi connectivity index (χ3v) is 13.6. The first-order chi connectivity index (χ1) is 19.5. The van der Waals surface area contributed by atoms with Crippen LogP contribution >= 0.6 is 0 Å². The van der Waals surface area contributed by atoms with Crippen molar-refractivity contribution in [1.29, 1.82) is 0 Å². The van der Waals surface area contributed by atoms with E-state index in [9.17, 15) is 28.5 Å². The van der Waals surface area contributed by atoms with Gasteiger partial charge in [0.1, 0.15) is 0 Å². The highest BCUT2D eigenvalue weighted by Gasteiger charge is 2.65. The average Bonchev–Trinajstić information content (AvgIpc) is 3.24. The summed E-state index contributed by atoms with van der Waals surface area (Å²) in [6, 6.07) is 0. The van der Waals surface area contributed by atoms with Crippen molar-refractivity contribution >= 4 is 16.0 Å². The van der Waals surface area contributed by atoms with Gasteiger partial charge in [0.2, 0.25) is 5.91 Å². The van der Waals surface area contributed by atoms with E-state index in [2.05, 4.69) is 26.1 Å². The topological polar surface area (TPSA) is 144 Å².